The van der Waals surface area contributed by atoms with Crippen LogP contribution in [0.15, 0.2) is 75.5 Å². The van der Waals surface area contributed by atoms with Gasteiger partial charge in [-0.2, -0.15) is 13.5 Å². The van der Waals surface area contributed by atoms with Crippen LogP contribution in [0.25, 0.3) is 16.5 Å². The molecule has 4 rings (SSSR count). The molecule has 14 heteroatoms. The number of benzene rings is 3. The van der Waals surface area contributed by atoms with Crippen molar-refractivity contribution in [1.82, 2.24) is 9.40 Å². The summed E-state index contributed by atoms with van der Waals surface area (Å²) in [5.41, 5.74) is -0.861. The molecule has 0 bridgehead atoms. The van der Waals surface area contributed by atoms with Crippen LogP contribution in [-0.4, -0.2) is 43.4 Å². The molecule has 3 aromatic carbocycles. The quantitative estimate of drug-likeness (QED) is 0.188. The largest absolute Gasteiger partial charge is 0.494 e. The van der Waals surface area contributed by atoms with E-state index in [0.717, 1.165) is 29.0 Å². The first-order valence-electron chi connectivity index (χ1n) is 10.7. The number of sulfonamides is 1. The van der Waals surface area contributed by atoms with E-state index in [2.05, 4.69) is 5.10 Å². The first-order valence-corrected chi connectivity index (χ1v) is 12.5. The van der Waals surface area contributed by atoms with Crippen molar-refractivity contribution in [3.63, 3.8) is 0 Å². The molecule has 2 N–H and O–H groups in total. The number of nitrogens with zero attached hydrogens (tertiary/aromatic N) is 3. The van der Waals surface area contributed by atoms with Crippen molar-refractivity contribution in [2.75, 3.05) is 14.2 Å². The smallest absolute Gasteiger partial charge is 0.289 e. The van der Waals surface area contributed by atoms with Gasteiger partial charge in [0, 0.05) is 22.9 Å². The van der Waals surface area contributed by atoms with E-state index in [1.54, 1.807) is 30.3 Å². The fourth-order valence-electron chi connectivity index (χ4n) is 3.71. The van der Waals surface area contributed by atoms with Gasteiger partial charge in [-0.3, -0.25) is 14.9 Å². The summed E-state index contributed by atoms with van der Waals surface area (Å²) >= 11 is 5.76. The van der Waals surface area contributed by atoms with Gasteiger partial charge in [-0.1, -0.05) is 29.8 Å². The lowest BCUT2D eigenvalue weighted by molar-refractivity contribution is -0.384. The minimum absolute atomic E-state index is 0.0276. The second-order valence-corrected chi connectivity index (χ2v) is 9.75. The molecule has 0 spiro atoms. The summed E-state index contributed by atoms with van der Waals surface area (Å²) < 4.78 is 36.9. The highest BCUT2D eigenvalue weighted by Crippen LogP contribution is 2.32. The Morgan fingerprint density at radius 1 is 1.05 bits per heavy atom. The highest BCUT2D eigenvalue weighted by molar-refractivity contribution is 7.89. The van der Waals surface area contributed by atoms with Crippen LogP contribution in [-0.2, 0) is 10.0 Å². The number of fused-ring (bicyclic) bond motifs is 1. The van der Waals surface area contributed by atoms with Gasteiger partial charge in [0.1, 0.15) is 5.02 Å². The molecule has 0 aliphatic carbocycles. The summed E-state index contributed by atoms with van der Waals surface area (Å²) in [6.45, 7) is 0. The SMILES string of the molecule is COc1ccc(-n2c(O)c(/C=N\NS(=O)(=O)c3ccc(Cl)c([N+](=O)[O-])c3)c3ccccc3c2=O)cc1OC. The predicted molar refractivity (Wildman–Crippen MR) is 140 cm³/mol. The molecule has 1 aromatic heterocycles. The maximum atomic E-state index is 13.3. The van der Waals surface area contributed by atoms with Crippen molar-refractivity contribution >= 4 is 44.3 Å². The van der Waals surface area contributed by atoms with E-state index in [1.807, 2.05) is 4.83 Å². The Hall–Kier alpha value is -4.62. The minimum atomic E-state index is -4.35. The zero-order valence-electron chi connectivity index (χ0n) is 19.8. The normalized spacial score (nSPS) is 11.6. The highest BCUT2D eigenvalue weighted by atomic mass is 35.5. The molecule has 4 aromatic rings. The third-order valence-electron chi connectivity index (χ3n) is 5.52. The number of hydrazone groups is 1. The third-order valence-corrected chi connectivity index (χ3v) is 7.06. The van der Waals surface area contributed by atoms with Crippen LogP contribution in [0.1, 0.15) is 5.56 Å². The van der Waals surface area contributed by atoms with Crippen LogP contribution in [0, 0.1) is 10.1 Å². The van der Waals surface area contributed by atoms with Crippen molar-refractivity contribution in [1.29, 1.82) is 0 Å². The highest BCUT2D eigenvalue weighted by Gasteiger charge is 2.21. The van der Waals surface area contributed by atoms with Gasteiger partial charge in [-0.05, 0) is 30.3 Å². The molecule has 0 radical (unpaired) electrons. The number of methoxy groups -OCH3 is 2. The topological polar surface area (TPSA) is 162 Å². The van der Waals surface area contributed by atoms with E-state index in [0.29, 0.717) is 16.9 Å². The van der Waals surface area contributed by atoms with Gasteiger partial charge in [0.15, 0.2) is 11.5 Å². The zero-order valence-corrected chi connectivity index (χ0v) is 21.4. The van der Waals surface area contributed by atoms with Gasteiger partial charge in [0.2, 0.25) is 5.88 Å². The summed E-state index contributed by atoms with van der Waals surface area (Å²) in [5.74, 6) is 0.193. The molecule has 0 aliphatic rings. The lowest BCUT2D eigenvalue weighted by Gasteiger charge is -2.15. The number of halogens is 1. The average Bonchev–Trinajstić information content (AvgIpc) is 2.90. The molecule has 0 unspecified atom stereocenters. The standard InChI is InChI=1S/C24H19ClN4O8S/c1-36-21-10-7-14(11-22(21)37-2)28-23(30)17-6-4-3-5-16(17)18(24(28)31)13-26-27-38(34,35)15-8-9-19(25)20(12-15)29(32)33/h3-13,27,31H,1-2H3/b26-13-. The number of aromatic hydroxyl groups is 1. The van der Waals surface area contributed by atoms with E-state index >= 15 is 0 Å². The van der Waals surface area contributed by atoms with Gasteiger partial charge >= 0.3 is 0 Å². The van der Waals surface area contributed by atoms with Gasteiger partial charge in [-0.25, -0.2) is 9.40 Å². The number of nitro benzene ring substituents is 1. The Labute approximate surface area is 220 Å². The number of nitrogens with one attached hydrogen (secondary N) is 1. The number of ether oxygens (including phenoxy) is 2. The number of rotatable bonds is 8. The Morgan fingerprint density at radius 2 is 1.74 bits per heavy atom. The summed E-state index contributed by atoms with van der Waals surface area (Å²) in [5, 5.41) is 26.3. The fraction of sp³-hybridized carbons (Fsp3) is 0.0833. The van der Waals surface area contributed by atoms with Crippen LogP contribution in [0.3, 0.4) is 0 Å². The summed E-state index contributed by atoms with van der Waals surface area (Å²) in [6.07, 6.45) is 1.02. The maximum absolute atomic E-state index is 13.3. The molecule has 0 saturated carbocycles. The van der Waals surface area contributed by atoms with Crippen LogP contribution >= 0.6 is 11.6 Å². The number of hydrogen-bond acceptors (Lipinski definition) is 9. The summed E-state index contributed by atoms with van der Waals surface area (Å²) in [4.78, 5) is 25.1. The Bertz CT molecular complexity index is 1770. The number of pyridine rings is 1. The first kappa shape index (κ1) is 26.4. The molecule has 12 nitrogen and oxygen atoms in total. The molecule has 0 fully saturated rings. The van der Waals surface area contributed by atoms with Gasteiger partial charge in [-0.15, -0.1) is 0 Å². The zero-order chi connectivity index (χ0) is 27.6. The average molecular weight is 559 g/mol. The second kappa shape index (κ2) is 10.4. The number of hydrogen-bond donors (Lipinski definition) is 2. The van der Waals surface area contributed by atoms with Gasteiger partial charge in [0.05, 0.1) is 41.5 Å². The lowest BCUT2D eigenvalue weighted by Crippen LogP contribution is -2.21. The monoisotopic (exact) mass is 558 g/mol. The maximum Gasteiger partial charge on any atom is 0.289 e. The Kier molecular flexibility index (Phi) is 7.23. The van der Waals surface area contributed by atoms with E-state index in [4.69, 9.17) is 21.1 Å². The van der Waals surface area contributed by atoms with Crippen LogP contribution in [0.4, 0.5) is 5.69 Å². The fourth-order valence-corrected chi connectivity index (χ4v) is 4.70. The van der Waals surface area contributed by atoms with E-state index in [1.165, 1.54) is 26.4 Å². The van der Waals surface area contributed by atoms with Gasteiger partial charge in [0.25, 0.3) is 21.3 Å². The Morgan fingerprint density at radius 3 is 2.39 bits per heavy atom. The predicted octanol–water partition coefficient (Wildman–Crippen LogP) is 3.59. The lowest BCUT2D eigenvalue weighted by atomic mass is 10.1. The van der Waals surface area contributed by atoms with Gasteiger partial charge < -0.3 is 14.6 Å². The van der Waals surface area contributed by atoms with Crippen LogP contribution < -0.4 is 19.9 Å². The summed E-state index contributed by atoms with van der Waals surface area (Å²) in [7, 11) is -1.47. The molecule has 0 atom stereocenters. The van der Waals surface area contributed by atoms with E-state index in [-0.39, 0.29) is 21.7 Å². The molecule has 1 heterocycles. The number of aromatic nitrogens is 1. The molecule has 38 heavy (non-hydrogen) atoms. The molecule has 0 aliphatic heterocycles. The molecule has 0 saturated heterocycles. The van der Waals surface area contributed by atoms with Crippen LogP contribution in [0.2, 0.25) is 5.02 Å². The molecular formula is C24H19ClN4O8S. The molecule has 0 amide bonds. The van der Waals surface area contributed by atoms with Crippen molar-refractivity contribution in [3.05, 3.63) is 91.7 Å². The van der Waals surface area contributed by atoms with Crippen molar-refractivity contribution in [2.45, 2.75) is 4.90 Å². The summed E-state index contributed by atoms with van der Waals surface area (Å²) in [6, 6.07) is 13.9. The van der Waals surface area contributed by atoms with Crippen LogP contribution in [0.5, 0.6) is 17.4 Å². The van der Waals surface area contributed by atoms with E-state index < -0.39 is 37.0 Å². The Balaban J connectivity index is 1.81. The van der Waals surface area contributed by atoms with Crippen molar-refractivity contribution in [2.24, 2.45) is 5.10 Å². The first-order chi connectivity index (χ1) is 18.1. The molecular weight excluding hydrogens is 540 g/mol. The van der Waals surface area contributed by atoms with E-state index in [9.17, 15) is 28.4 Å². The van der Waals surface area contributed by atoms with Crippen molar-refractivity contribution in [3.8, 4) is 23.1 Å². The third kappa shape index (κ3) is 4.84. The minimum Gasteiger partial charge on any atom is -0.494 e. The second-order valence-electron chi connectivity index (χ2n) is 7.69. The molecule has 196 valence electrons. The number of nitro groups is 1. The van der Waals surface area contributed by atoms with Crippen molar-refractivity contribution < 1.29 is 27.9 Å².